The lowest BCUT2D eigenvalue weighted by atomic mass is 10.1. The van der Waals surface area contributed by atoms with E-state index in [4.69, 9.17) is 9.15 Å². The van der Waals surface area contributed by atoms with E-state index in [0.29, 0.717) is 6.54 Å². The molecule has 0 aliphatic carbocycles. The Labute approximate surface area is 158 Å². The molecular formula is C20H25N3O2S. The zero-order valence-corrected chi connectivity index (χ0v) is 16.2. The van der Waals surface area contributed by atoms with E-state index in [9.17, 15) is 0 Å². The van der Waals surface area contributed by atoms with Crippen LogP contribution in [0, 0.1) is 6.92 Å². The van der Waals surface area contributed by atoms with Gasteiger partial charge in [0.2, 0.25) is 0 Å². The summed E-state index contributed by atoms with van der Waals surface area (Å²) in [5.41, 5.74) is 2.28. The molecule has 0 atom stereocenters. The van der Waals surface area contributed by atoms with Gasteiger partial charge in [-0.3, -0.25) is 4.57 Å². The molecule has 6 heteroatoms. The molecule has 0 aliphatic rings. The van der Waals surface area contributed by atoms with Crippen LogP contribution in [0.5, 0.6) is 0 Å². The average molecular weight is 372 g/mol. The molecule has 0 spiro atoms. The van der Waals surface area contributed by atoms with Gasteiger partial charge in [0.1, 0.15) is 5.76 Å². The van der Waals surface area contributed by atoms with Crippen LogP contribution in [0.2, 0.25) is 0 Å². The van der Waals surface area contributed by atoms with Crippen molar-refractivity contribution in [1.82, 2.24) is 14.8 Å². The van der Waals surface area contributed by atoms with Crippen LogP contribution < -0.4 is 0 Å². The largest absolute Gasteiger partial charge is 0.467 e. The Bertz CT molecular complexity index is 799. The van der Waals surface area contributed by atoms with Gasteiger partial charge in [0, 0.05) is 17.9 Å². The van der Waals surface area contributed by atoms with Crippen molar-refractivity contribution < 1.29 is 9.15 Å². The minimum atomic E-state index is 0.614. The van der Waals surface area contributed by atoms with Gasteiger partial charge in [-0.15, -0.1) is 10.2 Å². The SMILES string of the molecule is CCCCOCCSc1nnc(-c2ccccc2C)n1Cc1ccco1. The van der Waals surface area contributed by atoms with E-state index in [1.165, 1.54) is 5.56 Å². The van der Waals surface area contributed by atoms with Crippen LogP contribution in [-0.2, 0) is 11.3 Å². The van der Waals surface area contributed by atoms with Gasteiger partial charge < -0.3 is 9.15 Å². The van der Waals surface area contributed by atoms with E-state index in [1.807, 2.05) is 24.3 Å². The molecular weight excluding hydrogens is 346 g/mol. The van der Waals surface area contributed by atoms with E-state index in [1.54, 1.807) is 18.0 Å². The van der Waals surface area contributed by atoms with Crippen molar-refractivity contribution in [3.05, 3.63) is 54.0 Å². The fourth-order valence-electron chi connectivity index (χ4n) is 2.66. The number of benzene rings is 1. The van der Waals surface area contributed by atoms with E-state index in [0.717, 1.165) is 54.1 Å². The lowest BCUT2D eigenvalue weighted by Gasteiger charge is -2.10. The quantitative estimate of drug-likeness (QED) is 0.378. The molecule has 0 radical (unpaired) electrons. The van der Waals surface area contributed by atoms with Crippen molar-refractivity contribution in [2.45, 2.75) is 38.4 Å². The molecule has 0 fully saturated rings. The number of thioether (sulfide) groups is 1. The molecule has 5 nitrogen and oxygen atoms in total. The van der Waals surface area contributed by atoms with E-state index in [2.05, 4.69) is 40.7 Å². The second kappa shape index (κ2) is 9.59. The number of hydrogen-bond donors (Lipinski definition) is 0. The van der Waals surface area contributed by atoms with Gasteiger partial charge in [-0.2, -0.15) is 0 Å². The van der Waals surface area contributed by atoms with Crippen molar-refractivity contribution in [2.24, 2.45) is 0 Å². The molecule has 2 aromatic heterocycles. The van der Waals surface area contributed by atoms with Crippen LogP contribution >= 0.6 is 11.8 Å². The monoisotopic (exact) mass is 371 g/mol. The molecule has 2 heterocycles. The highest BCUT2D eigenvalue weighted by Gasteiger charge is 2.17. The second-order valence-corrected chi connectivity index (χ2v) is 7.16. The molecule has 138 valence electrons. The van der Waals surface area contributed by atoms with Crippen LogP contribution in [0.25, 0.3) is 11.4 Å². The summed E-state index contributed by atoms with van der Waals surface area (Å²) in [5, 5.41) is 9.78. The predicted molar refractivity (Wildman–Crippen MR) is 104 cm³/mol. The smallest absolute Gasteiger partial charge is 0.192 e. The van der Waals surface area contributed by atoms with Crippen molar-refractivity contribution in [1.29, 1.82) is 0 Å². The van der Waals surface area contributed by atoms with Crippen molar-refractivity contribution in [2.75, 3.05) is 19.0 Å². The standard InChI is InChI=1S/C20H25N3O2S/c1-3-4-11-24-13-14-26-20-22-21-19(18-10-6-5-8-16(18)2)23(20)15-17-9-7-12-25-17/h5-10,12H,3-4,11,13-15H2,1-2H3. The summed E-state index contributed by atoms with van der Waals surface area (Å²) in [7, 11) is 0. The summed E-state index contributed by atoms with van der Waals surface area (Å²) in [6.07, 6.45) is 3.96. The summed E-state index contributed by atoms with van der Waals surface area (Å²) in [6, 6.07) is 12.1. The fraction of sp³-hybridized carbons (Fsp3) is 0.400. The highest BCUT2D eigenvalue weighted by molar-refractivity contribution is 7.99. The summed E-state index contributed by atoms with van der Waals surface area (Å²) in [5.74, 6) is 2.61. The molecule has 0 aliphatic heterocycles. The third-order valence-corrected chi connectivity index (χ3v) is 5.03. The molecule has 0 saturated carbocycles. The maximum atomic E-state index is 5.66. The van der Waals surface area contributed by atoms with Gasteiger partial charge in [0.25, 0.3) is 0 Å². The number of furan rings is 1. The number of aryl methyl sites for hydroxylation is 1. The van der Waals surface area contributed by atoms with E-state index >= 15 is 0 Å². The van der Waals surface area contributed by atoms with Crippen LogP contribution in [0.3, 0.4) is 0 Å². The number of ether oxygens (including phenoxy) is 1. The number of aromatic nitrogens is 3. The summed E-state index contributed by atoms with van der Waals surface area (Å²) in [6.45, 7) is 6.42. The molecule has 0 saturated heterocycles. The van der Waals surface area contributed by atoms with Crippen LogP contribution in [0.15, 0.2) is 52.2 Å². The first-order valence-electron chi connectivity index (χ1n) is 9.01. The van der Waals surface area contributed by atoms with Gasteiger partial charge in [-0.1, -0.05) is 49.4 Å². The summed E-state index contributed by atoms with van der Waals surface area (Å²) < 4.78 is 13.3. The Kier molecular flexibility index (Phi) is 6.91. The maximum absolute atomic E-state index is 5.66. The summed E-state index contributed by atoms with van der Waals surface area (Å²) in [4.78, 5) is 0. The molecule has 1 aromatic carbocycles. The predicted octanol–water partition coefficient (Wildman–Crippen LogP) is 4.80. The van der Waals surface area contributed by atoms with E-state index < -0.39 is 0 Å². The van der Waals surface area contributed by atoms with E-state index in [-0.39, 0.29) is 0 Å². The Morgan fingerprint density at radius 3 is 2.77 bits per heavy atom. The third kappa shape index (κ3) is 4.77. The average Bonchev–Trinajstić information content (AvgIpc) is 3.29. The van der Waals surface area contributed by atoms with Gasteiger partial charge in [0.05, 0.1) is 19.4 Å². The van der Waals surface area contributed by atoms with Crippen LogP contribution in [0.4, 0.5) is 0 Å². The molecule has 0 bridgehead atoms. The second-order valence-electron chi connectivity index (χ2n) is 6.10. The number of rotatable bonds is 10. The first-order chi connectivity index (χ1) is 12.8. The Balaban J connectivity index is 1.77. The van der Waals surface area contributed by atoms with Gasteiger partial charge in [0.15, 0.2) is 11.0 Å². The number of nitrogens with zero attached hydrogens (tertiary/aromatic N) is 3. The zero-order valence-electron chi connectivity index (χ0n) is 15.4. The number of hydrogen-bond acceptors (Lipinski definition) is 5. The number of unbranched alkanes of at least 4 members (excludes halogenated alkanes) is 1. The van der Waals surface area contributed by atoms with Crippen molar-refractivity contribution in [3.63, 3.8) is 0 Å². The minimum Gasteiger partial charge on any atom is -0.467 e. The first-order valence-corrected chi connectivity index (χ1v) is 10.00. The lowest BCUT2D eigenvalue weighted by Crippen LogP contribution is -2.05. The Morgan fingerprint density at radius 1 is 1.12 bits per heavy atom. The molecule has 0 amide bonds. The van der Waals surface area contributed by atoms with Crippen molar-refractivity contribution >= 4 is 11.8 Å². The topological polar surface area (TPSA) is 53.1 Å². The molecule has 3 rings (SSSR count). The first kappa shape index (κ1) is 18.7. The van der Waals surface area contributed by atoms with Crippen LogP contribution in [-0.4, -0.2) is 33.7 Å². The van der Waals surface area contributed by atoms with Crippen LogP contribution in [0.1, 0.15) is 31.1 Å². The maximum Gasteiger partial charge on any atom is 0.192 e. The lowest BCUT2D eigenvalue weighted by molar-refractivity contribution is 0.147. The molecule has 0 N–H and O–H groups in total. The van der Waals surface area contributed by atoms with Gasteiger partial charge in [-0.05, 0) is 31.0 Å². The van der Waals surface area contributed by atoms with Gasteiger partial charge in [-0.25, -0.2) is 0 Å². The molecule has 26 heavy (non-hydrogen) atoms. The Morgan fingerprint density at radius 2 is 2.00 bits per heavy atom. The molecule has 0 unspecified atom stereocenters. The highest BCUT2D eigenvalue weighted by atomic mass is 32.2. The molecule has 3 aromatic rings. The normalized spacial score (nSPS) is 11.2. The summed E-state index contributed by atoms with van der Waals surface area (Å²) >= 11 is 1.67. The fourth-order valence-corrected chi connectivity index (χ4v) is 3.45. The van der Waals surface area contributed by atoms with Crippen molar-refractivity contribution in [3.8, 4) is 11.4 Å². The Hall–Kier alpha value is -2.05. The van der Waals surface area contributed by atoms with Gasteiger partial charge >= 0.3 is 0 Å². The zero-order chi connectivity index (χ0) is 18.2. The minimum absolute atomic E-state index is 0.614. The third-order valence-electron chi connectivity index (χ3n) is 4.10. The highest BCUT2D eigenvalue weighted by Crippen LogP contribution is 2.27.